The van der Waals surface area contributed by atoms with E-state index in [1.165, 1.54) is 0 Å². The zero-order valence-electron chi connectivity index (χ0n) is 9.49. The molecule has 0 heterocycles. The van der Waals surface area contributed by atoms with E-state index in [1.54, 1.807) is 24.3 Å². The molecule has 0 amide bonds. The van der Waals surface area contributed by atoms with E-state index in [0.717, 1.165) is 5.56 Å². The van der Waals surface area contributed by atoms with Crippen LogP contribution in [-0.2, 0) is 0 Å². The lowest BCUT2D eigenvalue weighted by molar-refractivity contribution is 0.142. The molecule has 0 fully saturated rings. The van der Waals surface area contributed by atoms with Gasteiger partial charge in [0.1, 0.15) is 11.8 Å². The molecule has 17 heavy (non-hydrogen) atoms. The molecule has 0 aromatic heterocycles. The number of alkyl halides is 2. The summed E-state index contributed by atoms with van der Waals surface area (Å²) < 4.78 is 29.1. The molecule has 0 bridgehead atoms. The average Bonchev–Trinajstić information content (AvgIpc) is 2.34. The van der Waals surface area contributed by atoms with Crippen LogP contribution in [0.1, 0.15) is 18.5 Å². The Labute approximate surface area is 99.0 Å². The lowest BCUT2D eigenvalue weighted by Gasteiger charge is -2.14. The Hall–Kier alpha value is -1.67. The van der Waals surface area contributed by atoms with Crippen LogP contribution in [0.5, 0.6) is 5.75 Å². The van der Waals surface area contributed by atoms with Crippen molar-refractivity contribution in [1.29, 1.82) is 5.26 Å². The van der Waals surface area contributed by atoms with Crippen LogP contribution in [0.2, 0.25) is 0 Å². The van der Waals surface area contributed by atoms with E-state index < -0.39 is 6.43 Å². The third kappa shape index (κ3) is 4.79. The summed E-state index contributed by atoms with van der Waals surface area (Å²) in [7, 11) is 0. The van der Waals surface area contributed by atoms with E-state index >= 15 is 0 Å². The summed E-state index contributed by atoms with van der Waals surface area (Å²) in [5.41, 5.74) is 0.898. The molecule has 1 rings (SSSR count). The van der Waals surface area contributed by atoms with E-state index in [9.17, 15) is 8.78 Å². The maximum atomic E-state index is 12.0. The van der Waals surface area contributed by atoms with E-state index in [4.69, 9.17) is 10.00 Å². The summed E-state index contributed by atoms with van der Waals surface area (Å²) in [5.74, 6) is 0.594. The number of nitrogens with one attached hydrogen (secondary N) is 1. The van der Waals surface area contributed by atoms with E-state index in [2.05, 4.69) is 5.32 Å². The van der Waals surface area contributed by atoms with Gasteiger partial charge in [-0.1, -0.05) is 12.1 Å². The molecule has 1 atom stereocenters. The van der Waals surface area contributed by atoms with Crippen molar-refractivity contribution in [3.63, 3.8) is 0 Å². The Morgan fingerprint density at radius 1 is 1.35 bits per heavy atom. The normalized spacial score (nSPS) is 12.2. The summed E-state index contributed by atoms with van der Waals surface area (Å²) in [5, 5.41) is 11.1. The Balaban J connectivity index is 2.52. The second-order valence-electron chi connectivity index (χ2n) is 3.54. The summed E-state index contributed by atoms with van der Waals surface area (Å²) in [6.45, 7) is 1.49. The van der Waals surface area contributed by atoms with Crippen molar-refractivity contribution >= 4 is 0 Å². The van der Waals surface area contributed by atoms with Gasteiger partial charge in [0.25, 0.3) is 6.43 Å². The second-order valence-corrected chi connectivity index (χ2v) is 3.54. The fraction of sp³-hybridized carbons (Fsp3) is 0.417. The van der Waals surface area contributed by atoms with Gasteiger partial charge in [-0.25, -0.2) is 8.78 Å². The van der Waals surface area contributed by atoms with E-state index in [-0.39, 0.29) is 19.2 Å². The standard InChI is InChI=1S/C12H14F2N2O/c1-9(16-8-12(13)14)10-2-4-11(5-3-10)17-7-6-15/h2-5,9,12,16H,7-8H2,1H3. The molecule has 1 aromatic carbocycles. The number of ether oxygens (including phenoxy) is 1. The van der Waals surface area contributed by atoms with Gasteiger partial charge >= 0.3 is 0 Å². The van der Waals surface area contributed by atoms with Crippen molar-refractivity contribution in [3.05, 3.63) is 29.8 Å². The van der Waals surface area contributed by atoms with Gasteiger partial charge in [-0.2, -0.15) is 5.26 Å². The van der Waals surface area contributed by atoms with Gasteiger partial charge in [-0.05, 0) is 24.6 Å². The highest BCUT2D eigenvalue weighted by Gasteiger charge is 2.08. The minimum Gasteiger partial charge on any atom is -0.479 e. The Kier molecular flexibility index (Phi) is 5.37. The van der Waals surface area contributed by atoms with Crippen molar-refractivity contribution in [3.8, 4) is 11.8 Å². The Bertz CT molecular complexity index is 373. The molecule has 0 saturated heterocycles. The lowest BCUT2D eigenvalue weighted by atomic mass is 10.1. The Morgan fingerprint density at radius 2 is 2.00 bits per heavy atom. The molecule has 1 N–H and O–H groups in total. The predicted molar refractivity (Wildman–Crippen MR) is 60.0 cm³/mol. The molecule has 5 heteroatoms. The number of benzene rings is 1. The van der Waals surface area contributed by atoms with E-state index in [1.807, 2.05) is 13.0 Å². The molecule has 0 aliphatic heterocycles. The lowest BCUT2D eigenvalue weighted by Crippen LogP contribution is -2.24. The van der Waals surface area contributed by atoms with Crippen LogP contribution in [0.4, 0.5) is 8.78 Å². The summed E-state index contributed by atoms with van der Waals surface area (Å²) in [4.78, 5) is 0. The molecule has 0 saturated carbocycles. The fourth-order valence-corrected chi connectivity index (χ4v) is 1.35. The maximum absolute atomic E-state index is 12.0. The third-order valence-corrected chi connectivity index (χ3v) is 2.26. The minimum absolute atomic E-state index is 0.00146. The third-order valence-electron chi connectivity index (χ3n) is 2.26. The highest BCUT2D eigenvalue weighted by molar-refractivity contribution is 5.29. The first kappa shape index (κ1) is 13.4. The first-order valence-corrected chi connectivity index (χ1v) is 5.24. The topological polar surface area (TPSA) is 45.0 Å². The van der Waals surface area contributed by atoms with Gasteiger partial charge in [-0.15, -0.1) is 0 Å². The number of halogens is 2. The number of nitriles is 1. The molecule has 0 spiro atoms. The van der Waals surface area contributed by atoms with Crippen molar-refractivity contribution in [2.45, 2.75) is 19.4 Å². The summed E-state index contributed by atoms with van der Waals surface area (Å²) in [6, 6.07) is 8.73. The highest BCUT2D eigenvalue weighted by Crippen LogP contribution is 2.17. The molecule has 92 valence electrons. The first-order valence-electron chi connectivity index (χ1n) is 5.24. The fourth-order valence-electron chi connectivity index (χ4n) is 1.35. The zero-order chi connectivity index (χ0) is 12.7. The largest absolute Gasteiger partial charge is 0.479 e. The van der Waals surface area contributed by atoms with Crippen molar-refractivity contribution in [2.24, 2.45) is 0 Å². The quantitative estimate of drug-likeness (QED) is 0.831. The molecule has 0 radical (unpaired) electrons. The average molecular weight is 240 g/mol. The smallest absolute Gasteiger partial charge is 0.250 e. The number of rotatable bonds is 6. The zero-order valence-corrected chi connectivity index (χ0v) is 9.49. The van der Waals surface area contributed by atoms with Gasteiger partial charge in [-0.3, -0.25) is 0 Å². The van der Waals surface area contributed by atoms with Gasteiger partial charge in [0, 0.05) is 6.04 Å². The van der Waals surface area contributed by atoms with Crippen LogP contribution in [-0.4, -0.2) is 19.6 Å². The van der Waals surface area contributed by atoms with Crippen molar-refractivity contribution in [1.82, 2.24) is 5.32 Å². The molecule has 1 unspecified atom stereocenters. The van der Waals surface area contributed by atoms with Crippen molar-refractivity contribution < 1.29 is 13.5 Å². The van der Waals surface area contributed by atoms with Crippen LogP contribution in [0.3, 0.4) is 0 Å². The SMILES string of the molecule is CC(NCC(F)F)c1ccc(OCC#N)cc1. The number of nitrogens with zero attached hydrogens (tertiary/aromatic N) is 1. The van der Waals surface area contributed by atoms with Crippen LogP contribution >= 0.6 is 0 Å². The van der Waals surface area contributed by atoms with Gasteiger partial charge in [0.2, 0.25) is 0 Å². The monoisotopic (exact) mass is 240 g/mol. The van der Waals surface area contributed by atoms with E-state index in [0.29, 0.717) is 5.75 Å². The molecule has 1 aromatic rings. The van der Waals surface area contributed by atoms with Gasteiger partial charge in [0.15, 0.2) is 6.61 Å². The van der Waals surface area contributed by atoms with Gasteiger partial charge < -0.3 is 10.1 Å². The maximum Gasteiger partial charge on any atom is 0.250 e. The number of hydrogen-bond acceptors (Lipinski definition) is 3. The minimum atomic E-state index is -2.35. The molecular formula is C12H14F2N2O. The molecule has 3 nitrogen and oxygen atoms in total. The highest BCUT2D eigenvalue weighted by atomic mass is 19.3. The van der Waals surface area contributed by atoms with Crippen molar-refractivity contribution in [2.75, 3.05) is 13.2 Å². The summed E-state index contributed by atoms with van der Waals surface area (Å²) in [6.07, 6.45) is -2.35. The van der Waals surface area contributed by atoms with Crippen LogP contribution < -0.4 is 10.1 Å². The van der Waals surface area contributed by atoms with Gasteiger partial charge in [0.05, 0.1) is 6.54 Å². The molecule has 0 aliphatic rings. The number of hydrogen-bond donors (Lipinski definition) is 1. The van der Waals surface area contributed by atoms with Crippen LogP contribution in [0.25, 0.3) is 0 Å². The molecular weight excluding hydrogens is 226 g/mol. The Morgan fingerprint density at radius 3 is 2.53 bits per heavy atom. The molecule has 0 aliphatic carbocycles. The van der Waals surface area contributed by atoms with Crippen LogP contribution in [0.15, 0.2) is 24.3 Å². The predicted octanol–water partition coefficient (Wildman–Crippen LogP) is 2.50. The van der Waals surface area contributed by atoms with Crippen LogP contribution in [0, 0.1) is 11.3 Å². The summed E-state index contributed by atoms with van der Waals surface area (Å²) >= 11 is 0. The second kappa shape index (κ2) is 6.81. The first-order chi connectivity index (χ1) is 8.13.